The minimum absolute atomic E-state index is 0.161. The van der Waals surface area contributed by atoms with Crippen molar-refractivity contribution in [1.82, 2.24) is 14.8 Å². The first-order valence-electron chi connectivity index (χ1n) is 8.99. The van der Waals surface area contributed by atoms with Crippen LogP contribution >= 0.6 is 11.6 Å². The average Bonchev–Trinajstić information content (AvgIpc) is 2.71. The number of amides is 2. The van der Waals surface area contributed by atoms with Crippen molar-refractivity contribution in [2.24, 2.45) is 0 Å². The van der Waals surface area contributed by atoms with Crippen molar-refractivity contribution in [3.8, 4) is 5.75 Å². The topological polar surface area (TPSA) is 82.7 Å². The zero-order chi connectivity index (χ0) is 20.4. The number of ether oxygens (including phenoxy) is 1. The van der Waals surface area contributed by atoms with E-state index in [4.69, 9.17) is 16.3 Å². The summed E-state index contributed by atoms with van der Waals surface area (Å²) in [4.78, 5) is 43.7. The molecule has 0 bridgehead atoms. The van der Waals surface area contributed by atoms with E-state index in [0.717, 1.165) is 5.56 Å². The van der Waals surface area contributed by atoms with E-state index >= 15 is 0 Å². The summed E-state index contributed by atoms with van der Waals surface area (Å²) in [6.45, 7) is 3.03. The highest BCUT2D eigenvalue weighted by Crippen LogP contribution is 2.27. The Labute approximate surface area is 167 Å². The molecule has 0 aliphatic carbocycles. The number of nitrogens with one attached hydrogen (secondary N) is 1. The third-order valence-corrected chi connectivity index (χ3v) is 5.24. The van der Waals surface area contributed by atoms with Crippen molar-refractivity contribution in [2.75, 3.05) is 27.2 Å². The normalized spacial score (nSPS) is 13.1. The lowest BCUT2D eigenvalue weighted by Crippen LogP contribution is -2.40. The van der Waals surface area contributed by atoms with Gasteiger partial charge in [0.25, 0.3) is 17.4 Å². The van der Waals surface area contributed by atoms with Crippen molar-refractivity contribution in [1.29, 1.82) is 0 Å². The molecule has 0 spiro atoms. The van der Waals surface area contributed by atoms with Gasteiger partial charge in [-0.2, -0.15) is 0 Å². The Kier molecular flexibility index (Phi) is 5.74. The summed E-state index contributed by atoms with van der Waals surface area (Å²) in [5.41, 5.74) is 1.60. The number of carbonyl (C=O) groups excluding carboxylic acids is 2. The highest BCUT2D eigenvalue weighted by molar-refractivity contribution is 6.31. The van der Waals surface area contributed by atoms with Crippen LogP contribution in [0.25, 0.3) is 0 Å². The number of hydrogen-bond acceptors (Lipinski definition) is 4. The first-order valence-corrected chi connectivity index (χ1v) is 9.36. The van der Waals surface area contributed by atoms with Crippen LogP contribution in [0, 0.1) is 0 Å². The van der Waals surface area contributed by atoms with E-state index in [1.807, 2.05) is 6.92 Å². The fourth-order valence-electron chi connectivity index (χ4n) is 3.32. The van der Waals surface area contributed by atoms with Gasteiger partial charge in [0.2, 0.25) is 0 Å². The number of aromatic amines is 1. The Morgan fingerprint density at radius 3 is 2.79 bits per heavy atom. The van der Waals surface area contributed by atoms with Crippen LogP contribution in [0.4, 0.5) is 0 Å². The van der Waals surface area contributed by atoms with E-state index in [9.17, 15) is 14.4 Å². The SMILES string of the molecule is CCN(C)C(=O)c1c2c(c[nH]c1=O)CN(C(=O)c1cc(Cl)ccc1OC)CC2. The maximum atomic E-state index is 13.0. The van der Waals surface area contributed by atoms with Crippen molar-refractivity contribution >= 4 is 23.4 Å². The van der Waals surface area contributed by atoms with Gasteiger partial charge >= 0.3 is 0 Å². The summed E-state index contributed by atoms with van der Waals surface area (Å²) >= 11 is 6.05. The second-order valence-corrected chi connectivity index (χ2v) is 7.07. The second-order valence-electron chi connectivity index (χ2n) is 6.64. The van der Waals surface area contributed by atoms with E-state index in [1.165, 1.54) is 12.0 Å². The smallest absolute Gasteiger partial charge is 0.261 e. The molecule has 1 aromatic carbocycles. The fourth-order valence-corrected chi connectivity index (χ4v) is 3.49. The molecule has 8 heteroatoms. The fraction of sp³-hybridized carbons (Fsp3) is 0.350. The van der Waals surface area contributed by atoms with E-state index in [0.29, 0.717) is 41.4 Å². The Balaban J connectivity index is 1.94. The molecule has 2 amide bonds. The summed E-state index contributed by atoms with van der Waals surface area (Å²) in [7, 11) is 3.16. The van der Waals surface area contributed by atoms with E-state index in [1.54, 1.807) is 36.3 Å². The maximum absolute atomic E-state index is 13.0. The molecule has 1 aromatic heterocycles. The second kappa shape index (κ2) is 8.06. The predicted octanol–water partition coefficient (Wildman–Crippen LogP) is 2.33. The van der Waals surface area contributed by atoms with Gasteiger partial charge in [-0.1, -0.05) is 11.6 Å². The molecule has 0 saturated heterocycles. The number of methoxy groups -OCH3 is 1. The summed E-state index contributed by atoms with van der Waals surface area (Å²) in [5, 5.41) is 0.446. The van der Waals surface area contributed by atoms with Gasteiger partial charge in [-0.15, -0.1) is 0 Å². The number of halogens is 1. The van der Waals surface area contributed by atoms with Gasteiger partial charge in [0, 0.05) is 37.9 Å². The molecule has 1 N–H and O–H groups in total. The standard InChI is InChI=1S/C20H22ClN3O4/c1-4-23(2)20(27)17-14-7-8-24(11-12(14)10-22-18(17)25)19(26)15-9-13(21)5-6-16(15)28-3/h5-6,9-10H,4,7-8,11H2,1-3H3,(H,22,25). The molecular formula is C20H22ClN3O4. The van der Waals surface area contributed by atoms with Crippen LogP contribution in [-0.4, -0.2) is 53.8 Å². The molecule has 28 heavy (non-hydrogen) atoms. The quantitative estimate of drug-likeness (QED) is 0.849. The Morgan fingerprint density at radius 2 is 2.11 bits per heavy atom. The molecule has 1 aliphatic rings. The van der Waals surface area contributed by atoms with Crippen LogP contribution in [0.5, 0.6) is 5.75 Å². The molecule has 7 nitrogen and oxygen atoms in total. The highest BCUT2D eigenvalue weighted by atomic mass is 35.5. The molecule has 1 aliphatic heterocycles. The van der Waals surface area contributed by atoms with Crippen LogP contribution in [0.15, 0.2) is 29.2 Å². The summed E-state index contributed by atoms with van der Waals surface area (Å²) in [6, 6.07) is 4.90. The molecule has 2 aromatic rings. The lowest BCUT2D eigenvalue weighted by molar-refractivity contribution is 0.0730. The Hall–Kier alpha value is -2.80. The third-order valence-electron chi connectivity index (χ3n) is 5.00. The molecule has 0 saturated carbocycles. The number of aromatic nitrogens is 1. The van der Waals surface area contributed by atoms with Gasteiger partial charge in [-0.25, -0.2) is 0 Å². The van der Waals surface area contributed by atoms with Gasteiger partial charge in [0.15, 0.2) is 0 Å². The van der Waals surface area contributed by atoms with Crippen molar-refractivity contribution in [3.63, 3.8) is 0 Å². The molecular weight excluding hydrogens is 382 g/mol. The zero-order valence-corrected chi connectivity index (χ0v) is 16.8. The maximum Gasteiger partial charge on any atom is 0.261 e. The zero-order valence-electron chi connectivity index (χ0n) is 16.0. The number of hydrogen-bond donors (Lipinski definition) is 1. The van der Waals surface area contributed by atoms with E-state index < -0.39 is 5.56 Å². The molecule has 3 rings (SSSR count). The lowest BCUT2D eigenvalue weighted by Gasteiger charge is -2.30. The van der Waals surface area contributed by atoms with Gasteiger partial charge in [-0.05, 0) is 42.7 Å². The average molecular weight is 404 g/mol. The monoisotopic (exact) mass is 403 g/mol. The van der Waals surface area contributed by atoms with E-state index in [-0.39, 0.29) is 23.9 Å². The first kappa shape index (κ1) is 19.9. The minimum Gasteiger partial charge on any atom is -0.496 e. The number of benzene rings is 1. The van der Waals surface area contributed by atoms with Crippen LogP contribution in [0.1, 0.15) is 38.8 Å². The third kappa shape index (κ3) is 3.62. The van der Waals surface area contributed by atoms with Crippen LogP contribution in [0.3, 0.4) is 0 Å². The molecule has 0 atom stereocenters. The predicted molar refractivity (Wildman–Crippen MR) is 106 cm³/mol. The highest BCUT2D eigenvalue weighted by Gasteiger charge is 2.29. The van der Waals surface area contributed by atoms with Gasteiger partial charge in [-0.3, -0.25) is 14.4 Å². The summed E-state index contributed by atoms with van der Waals surface area (Å²) in [5.74, 6) is -0.0752. The molecule has 148 valence electrons. The first-order chi connectivity index (χ1) is 13.4. The molecule has 0 fully saturated rings. The number of rotatable bonds is 4. The Morgan fingerprint density at radius 1 is 1.36 bits per heavy atom. The van der Waals surface area contributed by atoms with Crippen molar-refractivity contribution < 1.29 is 14.3 Å². The Bertz CT molecular complexity index is 986. The largest absolute Gasteiger partial charge is 0.496 e. The number of carbonyl (C=O) groups is 2. The lowest BCUT2D eigenvalue weighted by atomic mass is 9.95. The molecule has 2 heterocycles. The summed E-state index contributed by atoms with van der Waals surface area (Å²) < 4.78 is 5.28. The van der Waals surface area contributed by atoms with Crippen LogP contribution in [-0.2, 0) is 13.0 Å². The number of fused-ring (bicyclic) bond motifs is 1. The van der Waals surface area contributed by atoms with E-state index in [2.05, 4.69) is 4.98 Å². The van der Waals surface area contributed by atoms with Crippen molar-refractivity contribution in [2.45, 2.75) is 19.9 Å². The van der Waals surface area contributed by atoms with Gasteiger partial charge < -0.3 is 19.5 Å². The van der Waals surface area contributed by atoms with Crippen LogP contribution in [0.2, 0.25) is 5.02 Å². The molecule has 0 unspecified atom stereocenters. The minimum atomic E-state index is -0.402. The summed E-state index contributed by atoms with van der Waals surface area (Å²) in [6.07, 6.45) is 2.00. The van der Waals surface area contributed by atoms with Gasteiger partial charge in [0.1, 0.15) is 11.3 Å². The molecule has 0 radical (unpaired) electrons. The number of pyridine rings is 1. The van der Waals surface area contributed by atoms with Crippen molar-refractivity contribution in [3.05, 3.63) is 62.0 Å². The number of H-pyrrole nitrogens is 1. The number of nitrogens with zero attached hydrogens (tertiary/aromatic N) is 2. The van der Waals surface area contributed by atoms with Gasteiger partial charge in [0.05, 0.1) is 12.7 Å². The van der Waals surface area contributed by atoms with Crippen LogP contribution < -0.4 is 10.3 Å².